The van der Waals surface area contributed by atoms with Crippen molar-refractivity contribution in [3.05, 3.63) is 51.7 Å². The fourth-order valence-corrected chi connectivity index (χ4v) is 2.56. The third kappa shape index (κ3) is 2.06. The molecule has 0 saturated carbocycles. The minimum Gasteiger partial charge on any atom is -0.435 e. The van der Waals surface area contributed by atoms with Crippen molar-refractivity contribution < 1.29 is 8.81 Å². The largest absolute Gasteiger partial charge is 0.435 e. The van der Waals surface area contributed by atoms with Gasteiger partial charge in [0.1, 0.15) is 11.3 Å². The van der Waals surface area contributed by atoms with Crippen LogP contribution < -0.4 is 0 Å². The summed E-state index contributed by atoms with van der Waals surface area (Å²) in [7, 11) is 0. The number of rotatable bonds is 1. The van der Waals surface area contributed by atoms with Gasteiger partial charge in [-0.15, -0.1) is 0 Å². The zero-order valence-corrected chi connectivity index (χ0v) is 12.1. The summed E-state index contributed by atoms with van der Waals surface area (Å²) in [5, 5.41) is 0. The lowest BCUT2D eigenvalue weighted by Crippen LogP contribution is -1.83. The second kappa shape index (κ2) is 4.46. The van der Waals surface area contributed by atoms with Crippen LogP contribution in [0.15, 0.2) is 39.2 Å². The third-order valence-electron chi connectivity index (χ3n) is 3.22. The zero-order chi connectivity index (χ0) is 13.6. The first kappa shape index (κ1) is 12.4. The van der Waals surface area contributed by atoms with E-state index in [2.05, 4.69) is 20.9 Å². The summed E-state index contributed by atoms with van der Waals surface area (Å²) in [5.74, 6) is 0.230. The van der Waals surface area contributed by atoms with Gasteiger partial charge < -0.3 is 4.42 Å². The molecular weight excluding hydrogens is 309 g/mol. The first-order valence-corrected chi connectivity index (χ1v) is 6.68. The van der Waals surface area contributed by atoms with E-state index < -0.39 is 0 Å². The second-order valence-electron chi connectivity index (χ2n) is 4.51. The second-order valence-corrected chi connectivity index (χ2v) is 5.30. The van der Waals surface area contributed by atoms with Crippen LogP contribution in [0.3, 0.4) is 0 Å². The van der Waals surface area contributed by atoms with Gasteiger partial charge in [-0.3, -0.25) is 0 Å². The summed E-state index contributed by atoms with van der Waals surface area (Å²) >= 11 is 3.54. The van der Waals surface area contributed by atoms with Crippen LogP contribution in [0.2, 0.25) is 0 Å². The van der Waals surface area contributed by atoms with Gasteiger partial charge in [0, 0.05) is 5.56 Å². The molecule has 19 heavy (non-hydrogen) atoms. The van der Waals surface area contributed by atoms with Crippen molar-refractivity contribution in [3.8, 4) is 11.5 Å². The molecule has 1 heterocycles. The molecule has 0 aliphatic rings. The fourth-order valence-electron chi connectivity index (χ4n) is 1.96. The lowest BCUT2D eigenvalue weighted by molar-refractivity contribution is 0.614. The van der Waals surface area contributed by atoms with Crippen LogP contribution in [0, 0.1) is 19.7 Å². The minimum atomic E-state index is -0.271. The van der Waals surface area contributed by atoms with Crippen molar-refractivity contribution in [3.63, 3.8) is 0 Å². The number of halogens is 2. The van der Waals surface area contributed by atoms with E-state index in [1.807, 2.05) is 19.9 Å². The molecule has 1 aromatic heterocycles. The van der Waals surface area contributed by atoms with Crippen LogP contribution in [-0.4, -0.2) is 4.98 Å². The maximum Gasteiger partial charge on any atom is 0.227 e. The van der Waals surface area contributed by atoms with Gasteiger partial charge in [-0.2, -0.15) is 0 Å². The summed E-state index contributed by atoms with van der Waals surface area (Å²) in [6.07, 6.45) is 0. The lowest BCUT2D eigenvalue weighted by Gasteiger charge is -2.01. The molecule has 2 nitrogen and oxygen atoms in total. The standard InChI is InChI=1S/C15H11BrFNO/c1-8-7-12-14(13(16)9(8)2)19-15(18-12)10-3-5-11(17)6-4-10/h3-7H,1-2H3. The van der Waals surface area contributed by atoms with Gasteiger partial charge in [-0.05, 0) is 71.2 Å². The van der Waals surface area contributed by atoms with Gasteiger partial charge in [0.25, 0.3) is 0 Å². The highest BCUT2D eigenvalue weighted by Crippen LogP contribution is 2.33. The van der Waals surface area contributed by atoms with Crippen molar-refractivity contribution in [2.24, 2.45) is 0 Å². The Labute approximate surface area is 118 Å². The highest BCUT2D eigenvalue weighted by molar-refractivity contribution is 9.10. The van der Waals surface area contributed by atoms with E-state index in [9.17, 15) is 4.39 Å². The van der Waals surface area contributed by atoms with Gasteiger partial charge in [-0.1, -0.05) is 0 Å². The maximum atomic E-state index is 12.9. The van der Waals surface area contributed by atoms with E-state index in [1.165, 1.54) is 12.1 Å². The number of hydrogen-bond acceptors (Lipinski definition) is 2. The fraction of sp³-hybridized carbons (Fsp3) is 0.133. The molecule has 3 rings (SSSR count). The molecule has 0 saturated heterocycles. The van der Waals surface area contributed by atoms with Crippen molar-refractivity contribution in [1.29, 1.82) is 0 Å². The summed E-state index contributed by atoms with van der Waals surface area (Å²) in [6, 6.07) is 8.11. The Kier molecular flexibility index (Phi) is 2.90. The average Bonchev–Trinajstić information content (AvgIpc) is 2.81. The molecule has 96 valence electrons. The van der Waals surface area contributed by atoms with Gasteiger partial charge >= 0.3 is 0 Å². The normalized spacial score (nSPS) is 11.2. The Hall–Kier alpha value is -1.68. The Morgan fingerprint density at radius 2 is 1.84 bits per heavy atom. The Morgan fingerprint density at radius 3 is 2.53 bits per heavy atom. The molecule has 0 amide bonds. The predicted molar refractivity (Wildman–Crippen MR) is 76.6 cm³/mol. The van der Waals surface area contributed by atoms with Crippen LogP contribution >= 0.6 is 15.9 Å². The zero-order valence-electron chi connectivity index (χ0n) is 10.5. The number of aromatic nitrogens is 1. The molecule has 0 N–H and O–H groups in total. The summed E-state index contributed by atoms with van der Waals surface area (Å²) in [6.45, 7) is 4.06. The smallest absolute Gasteiger partial charge is 0.227 e. The molecule has 3 aromatic rings. The molecule has 0 aliphatic heterocycles. The highest BCUT2D eigenvalue weighted by atomic mass is 79.9. The Bertz CT molecular complexity index is 762. The number of aryl methyl sites for hydroxylation is 1. The van der Waals surface area contributed by atoms with E-state index in [-0.39, 0.29) is 5.82 Å². The van der Waals surface area contributed by atoms with Crippen molar-refractivity contribution in [2.45, 2.75) is 13.8 Å². The molecule has 0 unspecified atom stereocenters. The van der Waals surface area contributed by atoms with Crippen LogP contribution in [0.4, 0.5) is 4.39 Å². The topological polar surface area (TPSA) is 26.0 Å². The van der Waals surface area contributed by atoms with Gasteiger partial charge in [-0.25, -0.2) is 9.37 Å². The van der Waals surface area contributed by atoms with Gasteiger partial charge in [0.05, 0.1) is 4.47 Å². The minimum absolute atomic E-state index is 0.271. The maximum absolute atomic E-state index is 12.9. The number of nitrogens with zero attached hydrogens (tertiary/aromatic N) is 1. The molecule has 2 aromatic carbocycles. The van der Waals surface area contributed by atoms with E-state index >= 15 is 0 Å². The lowest BCUT2D eigenvalue weighted by atomic mass is 10.1. The number of benzene rings is 2. The average molecular weight is 320 g/mol. The van der Waals surface area contributed by atoms with Crippen molar-refractivity contribution >= 4 is 27.0 Å². The highest BCUT2D eigenvalue weighted by Gasteiger charge is 2.13. The molecule has 0 radical (unpaired) electrons. The molecule has 0 bridgehead atoms. The number of hydrogen-bond donors (Lipinski definition) is 0. The van der Waals surface area contributed by atoms with Crippen LogP contribution in [0.25, 0.3) is 22.6 Å². The van der Waals surface area contributed by atoms with E-state index in [1.54, 1.807) is 12.1 Å². The van der Waals surface area contributed by atoms with E-state index in [0.29, 0.717) is 5.89 Å². The molecule has 0 fully saturated rings. The first-order chi connectivity index (χ1) is 9.06. The van der Waals surface area contributed by atoms with Crippen LogP contribution in [0.1, 0.15) is 11.1 Å². The molecule has 0 aliphatic carbocycles. The van der Waals surface area contributed by atoms with Crippen LogP contribution in [0.5, 0.6) is 0 Å². The van der Waals surface area contributed by atoms with Gasteiger partial charge in [0.2, 0.25) is 5.89 Å². The predicted octanol–water partition coefficient (Wildman–Crippen LogP) is 5.01. The number of fused-ring (bicyclic) bond motifs is 1. The van der Waals surface area contributed by atoms with E-state index in [0.717, 1.165) is 32.3 Å². The summed E-state index contributed by atoms with van der Waals surface area (Å²) in [4.78, 5) is 4.46. The van der Waals surface area contributed by atoms with E-state index in [4.69, 9.17) is 4.42 Å². The molecule has 0 atom stereocenters. The Morgan fingerprint density at radius 1 is 1.16 bits per heavy atom. The number of oxazole rings is 1. The molecule has 0 spiro atoms. The van der Waals surface area contributed by atoms with Gasteiger partial charge in [0.15, 0.2) is 5.58 Å². The Balaban J connectivity index is 2.22. The summed E-state index contributed by atoms with van der Waals surface area (Å²) in [5.41, 5.74) is 4.57. The molecular formula is C15H11BrFNO. The third-order valence-corrected chi connectivity index (χ3v) is 4.17. The monoisotopic (exact) mass is 319 g/mol. The van der Waals surface area contributed by atoms with Crippen molar-refractivity contribution in [2.75, 3.05) is 0 Å². The quantitative estimate of drug-likeness (QED) is 0.630. The molecule has 4 heteroatoms. The summed E-state index contributed by atoms with van der Waals surface area (Å²) < 4.78 is 19.6. The SMILES string of the molecule is Cc1cc2nc(-c3ccc(F)cc3)oc2c(Br)c1C. The van der Waals surface area contributed by atoms with Crippen molar-refractivity contribution in [1.82, 2.24) is 4.98 Å². The van der Waals surface area contributed by atoms with Crippen LogP contribution in [-0.2, 0) is 0 Å². The first-order valence-electron chi connectivity index (χ1n) is 5.88.